The lowest BCUT2D eigenvalue weighted by Crippen LogP contribution is -2.14. The summed E-state index contributed by atoms with van der Waals surface area (Å²) in [5.41, 5.74) is -0.427. The van der Waals surface area contributed by atoms with Crippen molar-refractivity contribution < 1.29 is 18.7 Å². The number of carbonyl (C=O) groups excluding carboxylic acids is 2. The molecule has 0 spiro atoms. The number of methoxy groups -OCH3 is 1. The van der Waals surface area contributed by atoms with Crippen molar-refractivity contribution in [2.45, 2.75) is 0 Å². The van der Waals surface area contributed by atoms with Gasteiger partial charge in [0.1, 0.15) is 19.2 Å². The van der Waals surface area contributed by atoms with Gasteiger partial charge in [0.2, 0.25) is 0 Å². The van der Waals surface area contributed by atoms with Gasteiger partial charge in [-0.1, -0.05) is 11.5 Å². The lowest BCUT2D eigenvalue weighted by molar-refractivity contribution is 0.0593. The van der Waals surface area contributed by atoms with Crippen LogP contribution in [-0.4, -0.2) is 27.2 Å². The normalized spacial score (nSPS) is 9.57. The number of aldehydes is 1. The Morgan fingerprint density at radius 3 is 2.71 bits per heavy atom. The average Bonchev–Trinajstić information content (AvgIpc) is 2.15. The molecule has 1 aromatic rings. The maximum Gasteiger partial charge on any atom is 0.341 e. The Balaban J connectivity index is 3.39. The lowest BCUT2D eigenvalue weighted by Gasteiger charge is -2.05. The summed E-state index contributed by atoms with van der Waals surface area (Å²) in [6.45, 7) is 0. The molecule has 0 aliphatic heterocycles. The number of halogens is 1. The van der Waals surface area contributed by atoms with E-state index in [4.69, 9.17) is 7.85 Å². The third-order valence-electron chi connectivity index (χ3n) is 1.66. The van der Waals surface area contributed by atoms with Gasteiger partial charge in [0.05, 0.1) is 7.11 Å². The molecule has 0 aliphatic carbocycles. The quantitative estimate of drug-likeness (QED) is 0.382. The van der Waals surface area contributed by atoms with Gasteiger partial charge in [-0.3, -0.25) is 4.79 Å². The fourth-order valence-corrected chi connectivity index (χ4v) is 1.06. The first-order valence-electron chi connectivity index (χ1n) is 3.72. The fourth-order valence-electron chi connectivity index (χ4n) is 1.06. The SMILES string of the molecule is [B]c1cc(F)c(C(=O)OC)c(C=O)c1. The molecule has 0 amide bonds. The van der Waals surface area contributed by atoms with E-state index in [0.29, 0.717) is 6.29 Å². The molecule has 0 aromatic heterocycles. The molecule has 1 aromatic carbocycles. The van der Waals surface area contributed by atoms with Crippen molar-refractivity contribution >= 4 is 25.6 Å². The Labute approximate surface area is 81.3 Å². The molecular weight excluding hydrogens is 186 g/mol. The van der Waals surface area contributed by atoms with E-state index in [2.05, 4.69) is 4.74 Å². The minimum Gasteiger partial charge on any atom is -0.465 e. The van der Waals surface area contributed by atoms with Crippen LogP contribution in [0.1, 0.15) is 20.7 Å². The summed E-state index contributed by atoms with van der Waals surface area (Å²) in [6, 6.07) is 2.17. The molecule has 0 unspecified atom stereocenters. The van der Waals surface area contributed by atoms with Crippen LogP contribution in [0, 0.1) is 5.82 Å². The summed E-state index contributed by atoms with van der Waals surface area (Å²) >= 11 is 0. The van der Waals surface area contributed by atoms with Crippen LogP contribution in [0.4, 0.5) is 4.39 Å². The summed E-state index contributed by atoms with van der Waals surface area (Å²) in [5.74, 6) is -1.76. The monoisotopic (exact) mass is 192 g/mol. The Kier molecular flexibility index (Phi) is 3.01. The first-order valence-corrected chi connectivity index (χ1v) is 3.72. The number of benzene rings is 1. The molecule has 0 bridgehead atoms. The van der Waals surface area contributed by atoms with Crippen molar-refractivity contribution in [1.82, 2.24) is 0 Å². The molecule has 0 aliphatic rings. The standard InChI is InChI=1S/C9H6BFO3/c1-14-9(13)8-5(4-12)2-6(10)3-7(8)11/h2-4H,1H3. The maximum atomic E-state index is 13.2. The number of rotatable bonds is 2. The molecule has 3 nitrogen and oxygen atoms in total. The minimum absolute atomic E-state index is 0.0808. The molecular formula is C9H6BFO3. The molecule has 0 saturated carbocycles. The Hall–Kier alpha value is -1.65. The van der Waals surface area contributed by atoms with E-state index in [0.717, 1.165) is 13.2 Å². The van der Waals surface area contributed by atoms with Gasteiger partial charge in [0.15, 0.2) is 6.29 Å². The van der Waals surface area contributed by atoms with E-state index in [1.54, 1.807) is 0 Å². The Morgan fingerprint density at radius 2 is 2.21 bits per heavy atom. The van der Waals surface area contributed by atoms with Gasteiger partial charge in [-0.05, 0) is 6.07 Å². The highest BCUT2D eigenvalue weighted by Gasteiger charge is 2.17. The molecule has 0 N–H and O–H groups in total. The highest BCUT2D eigenvalue weighted by molar-refractivity contribution is 6.32. The van der Waals surface area contributed by atoms with Gasteiger partial charge in [-0.15, -0.1) is 0 Å². The largest absolute Gasteiger partial charge is 0.465 e. The van der Waals surface area contributed by atoms with E-state index in [9.17, 15) is 14.0 Å². The van der Waals surface area contributed by atoms with Gasteiger partial charge in [-0.2, -0.15) is 0 Å². The van der Waals surface area contributed by atoms with Crippen LogP contribution in [0.2, 0.25) is 0 Å². The molecule has 0 atom stereocenters. The van der Waals surface area contributed by atoms with Gasteiger partial charge in [0, 0.05) is 5.56 Å². The molecule has 5 heteroatoms. The molecule has 0 heterocycles. The topological polar surface area (TPSA) is 43.4 Å². The molecule has 0 fully saturated rings. The van der Waals surface area contributed by atoms with Crippen molar-refractivity contribution in [3.63, 3.8) is 0 Å². The van der Waals surface area contributed by atoms with Crippen molar-refractivity contribution in [2.24, 2.45) is 0 Å². The third kappa shape index (κ3) is 1.81. The van der Waals surface area contributed by atoms with E-state index >= 15 is 0 Å². The van der Waals surface area contributed by atoms with Crippen LogP contribution in [-0.2, 0) is 4.74 Å². The lowest BCUT2D eigenvalue weighted by atomic mass is 9.92. The highest BCUT2D eigenvalue weighted by atomic mass is 19.1. The number of hydrogen-bond acceptors (Lipinski definition) is 3. The van der Waals surface area contributed by atoms with E-state index < -0.39 is 17.3 Å². The summed E-state index contributed by atoms with van der Waals surface area (Å²) < 4.78 is 17.5. The number of esters is 1. The van der Waals surface area contributed by atoms with Crippen LogP contribution in [0.15, 0.2) is 12.1 Å². The van der Waals surface area contributed by atoms with E-state index in [-0.39, 0.29) is 11.0 Å². The summed E-state index contributed by atoms with van der Waals surface area (Å²) in [7, 11) is 6.40. The second-order valence-electron chi connectivity index (χ2n) is 2.58. The zero-order valence-corrected chi connectivity index (χ0v) is 7.41. The van der Waals surface area contributed by atoms with Crippen LogP contribution in [0.5, 0.6) is 0 Å². The van der Waals surface area contributed by atoms with E-state index in [1.807, 2.05) is 0 Å². The Bertz CT molecular complexity index is 390. The van der Waals surface area contributed by atoms with Gasteiger partial charge in [0.25, 0.3) is 0 Å². The molecule has 70 valence electrons. The van der Waals surface area contributed by atoms with Crippen LogP contribution in [0.25, 0.3) is 0 Å². The van der Waals surface area contributed by atoms with Gasteiger partial charge < -0.3 is 4.74 Å². The number of ether oxygens (including phenoxy) is 1. The molecule has 14 heavy (non-hydrogen) atoms. The maximum absolute atomic E-state index is 13.2. The second-order valence-corrected chi connectivity index (χ2v) is 2.58. The van der Waals surface area contributed by atoms with Crippen molar-refractivity contribution in [3.05, 3.63) is 29.1 Å². The van der Waals surface area contributed by atoms with Gasteiger partial charge in [-0.25, -0.2) is 9.18 Å². The summed E-state index contributed by atoms with van der Waals surface area (Å²) in [4.78, 5) is 21.6. The summed E-state index contributed by atoms with van der Waals surface area (Å²) in [5, 5.41) is 0. The van der Waals surface area contributed by atoms with Crippen LogP contribution >= 0.6 is 0 Å². The van der Waals surface area contributed by atoms with Gasteiger partial charge >= 0.3 is 5.97 Å². The molecule has 1 rings (SSSR count). The predicted octanol–water partition coefficient (Wildman–Crippen LogP) is 0.219. The fraction of sp³-hybridized carbons (Fsp3) is 0.111. The average molecular weight is 192 g/mol. The van der Waals surface area contributed by atoms with Crippen molar-refractivity contribution in [1.29, 1.82) is 0 Å². The highest BCUT2D eigenvalue weighted by Crippen LogP contribution is 2.11. The molecule has 2 radical (unpaired) electrons. The van der Waals surface area contributed by atoms with E-state index in [1.165, 1.54) is 6.07 Å². The second kappa shape index (κ2) is 4.04. The minimum atomic E-state index is -0.899. The zero-order valence-electron chi connectivity index (χ0n) is 7.41. The van der Waals surface area contributed by atoms with Crippen LogP contribution in [0.3, 0.4) is 0 Å². The van der Waals surface area contributed by atoms with Crippen LogP contribution < -0.4 is 5.46 Å². The first-order chi connectivity index (χ1) is 6.60. The predicted molar refractivity (Wildman–Crippen MR) is 48.5 cm³/mol. The third-order valence-corrected chi connectivity index (χ3v) is 1.66. The number of hydrogen-bond donors (Lipinski definition) is 0. The smallest absolute Gasteiger partial charge is 0.341 e. The van der Waals surface area contributed by atoms with Crippen molar-refractivity contribution in [3.8, 4) is 0 Å². The Morgan fingerprint density at radius 1 is 1.57 bits per heavy atom. The molecule has 0 saturated heterocycles. The van der Waals surface area contributed by atoms with Crippen molar-refractivity contribution in [2.75, 3.05) is 7.11 Å². The zero-order chi connectivity index (χ0) is 10.7. The number of carbonyl (C=O) groups is 2. The first kappa shape index (κ1) is 10.4. The summed E-state index contributed by atoms with van der Waals surface area (Å²) in [6.07, 6.45) is 0.353.